The molecule has 0 saturated heterocycles. The van der Waals surface area contributed by atoms with Crippen LogP contribution in [0.1, 0.15) is 16.1 Å². The summed E-state index contributed by atoms with van der Waals surface area (Å²) in [5, 5.41) is 6.16. The molecule has 0 aliphatic heterocycles. The van der Waals surface area contributed by atoms with E-state index in [1.165, 1.54) is 12.3 Å². The van der Waals surface area contributed by atoms with E-state index in [9.17, 15) is 9.59 Å². The van der Waals surface area contributed by atoms with Gasteiger partial charge >= 0.3 is 0 Å². The Morgan fingerprint density at radius 2 is 1.67 bits per heavy atom. The molecule has 0 unspecified atom stereocenters. The Bertz CT molecular complexity index is 981. The second-order valence-electron chi connectivity index (χ2n) is 5.47. The zero-order chi connectivity index (χ0) is 19.2. The summed E-state index contributed by atoms with van der Waals surface area (Å²) in [5.74, 6) is -0.587. The number of para-hydroxylation sites is 1. The van der Waals surface area contributed by atoms with E-state index >= 15 is 0 Å². The van der Waals surface area contributed by atoms with Gasteiger partial charge in [-0.15, -0.1) is 0 Å². The minimum Gasteiger partial charge on any atom is -0.465 e. The molecule has 7 heteroatoms. The highest BCUT2D eigenvalue weighted by molar-refractivity contribution is 6.34. The summed E-state index contributed by atoms with van der Waals surface area (Å²) in [6, 6.07) is 16.5. The largest absolute Gasteiger partial charge is 0.465 e. The van der Waals surface area contributed by atoms with Crippen molar-refractivity contribution in [2.45, 2.75) is 0 Å². The van der Waals surface area contributed by atoms with E-state index in [4.69, 9.17) is 27.6 Å². The Kier molecular flexibility index (Phi) is 5.96. The standard InChI is InChI=1S/C20H14Cl2N2O3/c21-14-9-7-13(8-10-14)19(25)24-18(12-15-4-3-11-27-15)20(26)23-17-6-2-1-5-16(17)22/h1-12H,(H,23,26)(H,24,25)/b18-12-. The number of nitrogens with one attached hydrogen (secondary N) is 2. The molecule has 0 aliphatic carbocycles. The topological polar surface area (TPSA) is 71.3 Å². The predicted octanol–water partition coefficient (Wildman–Crippen LogP) is 5.00. The molecule has 0 aliphatic rings. The lowest BCUT2D eigenvalue weighted by Crippen LogP contribution is -2.30. The molecule has 136 valence electrons. The third-order valence-electron chi connectivity index (χ3n) is 3.55. The number of rotatable bonds is 5. The summed E-state index contributed by atoms with van der Waals surface area (Å²) < 4.78 is 5.24. The van der Waals surface area contributed by atoms with Crippen molar-refractivity contribution in [3.05, 3.63) is 94.0 Å². The Morgan fingerprint density at radius 3 is 2.33 bits per heavy atom. The van der Waals surface area contributed by atoms with Crippen molar-refractivity contribution in [1.29, 1.82) is 0 Å². The molecule has 2 aromatic carbocycles. The monoisotopic (exact) mass is 400 g/mol. The van der Waals surface area contributed by atoms with E-state index in [2.05, 4.69) is 10.6 Å². The van der Waals surface area contributed by atoms with Gasteiger partial charge in [0.2, 0.25) is 0 Å². The van der Waals surface area contributed by atoms with Crippen LogP contribution >= 0.6 is 23.2 Å². The van der Waals surface area contributed by atoms with Crippen molar-refractivity contribution in [3.8, 4) is 0 Å². The number of hydrogen-bond acceptors (Lipinski definition) is 3. The lowest BCUT2D eigenvalue weighted by atomic mass is 10.2. The van der Waals surface area contributed by atoms with Crippen molar-refractivity contribution in [2.75, 3.05) is 5.32 Å². The molecule has 3 rings (SSSR count). The van der Waals surface area contributed by atoms with E-state index in [-0.39, 0.29) is 5.70 Å². The van der Waals surface area contributed by atoms with Gasteiger partial charge in [0.15, 0.2) is 0 Å². The average molecular weight is 401 g/mol. The normalized spacial score (nSPS) is 11.1. The molecular formula is C20H14Cl2N2O3. The number of halogens is 2. The first kappa shape index (κ1) is 18.8. The molecule has 5 nitrogen and oxygen atoms in total. The minimum absolute atomic E-state index is 0.00446. The van der Waals surface area contributed by atoms with Gasteiger partial charge in [0.1, 0.15) is 11.5 Å². The third-order valence-corrected chi connectivity index (χ3v) is 4.13. The Balaban J connectivity index is 1.85. The predicted molar refractivity (Wildman–Crippen MR) is 106 cm³/mol. The van der Waals surface area contributed by atoms with Crippen LogP contribution in [0.3, 0.4) is 0 Å². The number of anilines is 1. The fraction of sp³-hybridized carbons (Fsp3) is 0. The van der Waals surface area contributed by atoms with E-state index in [1.807, 2.05) is 0 Å². The Labute approximate surface area is 165 Å². The van der Waals surface area contributed by atoms with Crippen molar-refractivity contribution in [3.63, 3.8) is 0 Å². The number of amides is 2. The maximum Gasteiger partial charge on any atom is 0.272 e. The van der Waals surface area contributed by atoms with Gasteiger partial charge in [-0.1, -0.05) is 35.3 Å². The Hall–Kier alpha value is -3.02. The number of hydrogen-bond donors (Lipinski definition) is 2. The molecule has 0 spiro atoms. The van der Waals surface area contributed by atoms with Gasteiger partial charge in [-0.25, -0.2) is 0 Å². The molecule has 0 fully saturated rings. The minimum atomic E-state index is -0.540. The number of carbonyl (C=O) groups is 2. The molecule has 27 heavy (non-hydrogen) atoms. The highest BCUT2D eigenvalue weighted by Gasteiger charge is 2.16. The van der Waals surface area contributed by atoms with Crippen molar-refractivity contribution in [2.24, 2.45) is 0 Å². The fourth-order valence-corrected chi connectivity index (χ4v) is 2.53. The van der Waals surface area contributed by atoms with Crippen LogP contribution in [0.5, 0.6) is 0 Å². The second kappa shape index (κ2) is 8.58. The summed E-state index contributed by atoms with van der Waals surface area (Å²) in [6.45, 7) is 0. The van der Waals surface area contributed by atoms with Crippen LogP contribution in [0, 0.1) is 0 Å². The van der Waals surface area contributed by atoms with Crippen LogP contribution in [-0.2, 0) is 4.79 Å². The van der Waals surface area contributed by atoms with Gasteiger partial charge < -0.3 is 15.1 Å². The van der Waals surface area contributed by atoms with Gasteiger partial charge in [-0.3, -0.25) is 9.59 Å². The Morgan fingerprint density at radius 1 is 0.926 bits per heavy atom. The van der Waals surface area contributed by atoms with Crippen LogP contribution in [-0.4, -0.2) is 11.8 Å². The summed E-state index contributed by atoms with van der Waals surface area (Å²) in [7, 11) is 0. The summed E-state index contributed by atoms with van der Waals surface area (Å²) in [6.07, 6.45) is 2.90. The third kappa shape index (κ3) is 5.00. The van der Waals surface area contributed by atoms with E-state index in [1.54, 1.807) is 60.7 Å². The summed E-state index contributed by atoms with van der Waals surface area (Å²) in [5.41, 5.74) is 0.787. The maximum absolute atomic E-state index is 12.7. The molecule has 3 aromatic rings. The number of benzene rings is 2. The smallest absolute Gasteiger partial charge is 0.272 e. The lowest BCUT2D eigenvalue weighted by Gasteiger charge is -2.11. The van der Waals surface area contributed by atoms with E-state index in [0.717, 1.165) is 0 Å². The van der Waals surface area contributed by atoms with Gasteiger partial charge in [0, 0.05) is 16.7 Å². The van der Waals surface area contributed by atoms with Crippen molar-refractivity contribution >= 4 is 46.8 Å². The molecule has 1 heterocycles. The SMILES string of the molecule is O=C(Nc1ccccc1Cl)/C(=C/c1ccco1)NC(=O)c1ccc(Cl)cc1. The molecule has 0 atom stereocenters. The van der Waals surface area contributed by atoms with Gasteiger partial charge in [-0.2, -0.15) is 0 Å². The molecule has 2 amide bonds. The highest BCUT2D eigenvalue weighted by Crippen LogP contribution is 2.21. The highest BCUT2D eigenvalue weighted by atomic mass is 35.5. The fourth-order valence-electron chi connectivity index (χ4n) is 2.22. The molecule has 1 aromatic heterocycles. The molecular weight excluding hydrogens is 387 g/mol. The van der Waals surface area contributed by atoms with Crippen LogP contribution in [0.2, 0.25) is 10.0 Å². The zero-order valence-corrected chi connectivity index (χ0v) is 15.4. The van der Waals surface area contributed by atoms with Gasteiger partial charge in [0.05, 0.1) is 17.0 Å². The molecule has 2 N–H and O–H groups in total. The van der Waals surface area contributed by atoms with Crippen LogP contribution in [0.25, 0.3) is 6.08 Å². The molecule has 0 radical (unpaired) electrons. The number of carbonyl (C=O) groups excluding carboxylic acids is 2. The summed E-state index contributed by atoms with van der Waals surface area (Å²) in [4.78, 5) is 25.2. The van der Waals surface area contributed by atoms with Crippen LogP contribution < -0.4 is 10.6 Å². The van der Waals surface area contributed by atoms with Crippen LogP contribution in [0.15, 0.2) is 77.0 Å². The first-order valence-electron chi connectivity index (χ1n) is 7.91. The van der Waals surface area contributed by atoms with E-state index in [0.29, 0.717) is 27.1 Å². The van der Waals surface area contributed by atoms with E-state index < -0.39 is 11.8 Å². The number of furan rings is 1. The molecule has 0 saturated carbocycles. The van der Waals surface area contributed by atoms with Gasteiger partial charge in [0.25, 0.3) is 11.8 Å². The maximum atomic E-state index is 12.7. The van der Waals surface area contributed by atoms with Crippen molar-refractivity contribution < 1.29 is 14.0 Å². The lowest BCUT2D eigenvalue weighted by molar-refractivity contribution is -0.113. The summed E-state index contributed by atoms with van der Waals surface area (Å²) >= 11 is 11.9. The van der Waals surface area contributed by atoms with Crippen LogP contribution in [0.4, 0.5) is 5.69 Å². The first-order valence-corrected chi connectivity index (χ1v) is 8.66. The quantitative estimate of drug-likeness (QED) is 0.592. The second-order valence-corrected chi connectivity index (χ2v) is 6.31. The first-order chi connectivity index (χ1) is 13.0. The molecule has 0 bridgehead atoms. The zero-order valence-electron chi connectivity index (χ0n) is 13.9. The van der Waals surface area contributed by atoms with Crippen molar-refractivity contribution in [1.82, 2.24) is 5.32 Å². The average Bonchev–Trinajstić information content (AvgIpc) is 3.16. The van der Waals surface area contributed by atoms with Gasteiger partial charge in [-0.05, 0) is 48.5 Å².